The molecule has 20 heavy (non-hydrogen) atoms. The summed E-state index contributed by atoms with van der Waals surface area (Å²) in [6.45, 7) is 4.79. The predicted molar refractivity (Wildman–Crippen MR) is 88.3 cm³/mol. The Balaban J connectivity index is 1.96. The van der Waals surface area contributed by atoms with Gasteiger partial charge in [-0.2, -0.15) is 11.8 Å². The van der Waals surface area contributed by atoms with Gasteiger partial charge in [-0.3, -0.25) is 0 Å². The average Bonchev–Trinajstić information content (AvgIpc) is 2.93. The SMILES string of the molecule is CCOc1ccc(C(C)N)cc1CSCC1CCCC1. The molecule has 1 fully saturated rings. The third-order valence-corrected chi connectivity index (χ3v) is 5.22. The second kappa shape index (κ2) is 7.94. The molecule has 0 aliphatic heterocycles. The van der Waals surface area contributed by atoms with Gasteiger partial charge in [0, 0.05) is 17.4 Å². The van der Waals surface area contributed by atoms with Gasteiger partial charge in [0.2, 0.25) is 0 Å². The standard InChI is InChI=1S/C17H27NOS/c1-3-19-17-9-8-15(13(2)18)10-16(17)12-20-11-14-6-4-5-7-14/h8-10,13-14H,3-7,11-12,18H2,1-2H3. The highest BCUT2D eigenvalue weighted by molar-refractivity contribution is 7.98. The molecule has 2 nitrogen and oxygen atoms in total. The Labute approximate surface area is 127 Å². The summed E-state index contributed by atoms with van der Waals surface area (Å²) in [4.78, 5) is 0. The molecule has 2 N–H and O–H groups in total. The molecule has 0 bridgehead atoms. The van der Waals surface area contributed by atoms with Crippen LogP contribution in [0.3, 0.4) is 0 Å². The Bertz CT molecular complexity index is 413. The number of rotatable bonds is 7. The molecule has 0 aromatic heterocycles. The lowest BCUT2D eigenvalue weighted by atomic mass is 10.1. The van der Waals surface area contributed by atoms with E-state index in [2.05, 4.69) is 18.2 Å². The van der Waals surface area contributed by atoms with E-state index in [0.717, 1.165) is 24.0 Å². The minimum Gasteiger partial charge on any atom is -0.494 e. The zero-order valence-corrected chi connectivity index (χ0v) is 13.5. The second-order valence-electron chi connectivity index (χ2n) is 5.75. The Morgan fingerprint density at radius 1 is 1.35 bits per heavy atom. The molecule has 1 atom stereocenters. The summed E-state index contributed by atoms with van der Waals surface area (Å²) < 4.78 is 5.74. The number of benzene rings is 1. The fraction of sp³-hybridized carbons (Fsp3) is 0.647. The van der Waals surface area contributed by atoms with Crippen molar-refractivity contribution in [2.45, 2.75) is 51.3 Å². The molecular formula is C17H27NOS. The summed E-state index contributed by atoms with van der Waals surface area (Å²) in [5, 5.41) is 0. The van der Waals surface area contributed by atoms with Gasteiger partial charge < -0.3 is 10.5 Å². The van der Waals surface area contributed by atoms with Crippen LogP contribution >= 0.6 is 11.8 Å². The van der Waals surface area contributed by atoms with Gasteiger partial charge in [-0.15, -0.1) is 0 Å². The molecule has 1 saturated carbocycles. The van der Waals surface area contributed by atoms with Crippen LogP contribution in [-0.2, 0) is 5.75 Å². The zero-order chi connectivity index (χ0) is 14.4. The maximum Gasteiger partial charge on any atom is 0.123 e. The first-order valence-corrected chi connectivity index (χ1v) is 8.95. The zero-order valence-electron chi connectivity index (χ0n) is 12.7. The van der Waals surface area contributed by atoms with Crippen molar-refractivity contribution in [3.8, 4) is 5.75 Å². The molecule has 1 aromatic carbocycles. The highest BCUT2D eigenvalue weighted by Gasteiger charge is 2.15. The maximum absolute atomic E-state index is 5.99. The minimum absolute atomic E-state index is 0.0873. The molecule has 3 heteroatoms. The minimum atomic E-state index is 0.0873. The van der Waals surface area contributed by atoms with E-state index >= 15 is 0 Å². The van der Waals surface area contributed by atoms with E-state index < -0.39 is 0 Å². The molecule has 0 radical (unpaired) electrons. The molecule has 0 heterocycles. The van der Waals surface area contributed by atoms with E-state index in [9.17, 15) is 0 Å². The lowest BCUT2D eigenvalue weighted by Gasteiger charge is -2.15. The van der Waals surface area contributed by atoms with E-state index in [-0.39, 0.29) is 6.04 Å². The molecule has 1 unspecified atom stereocenters. The summed E-state index contributed by atoms with van der Waals surface area (Å²) in [5.41, 5.74) is 8.48. The molecule has 1 aliphatic carbocycles. The molecule has 0 amide bonds. The Kier molecular flexibility index (Phi) is 6.24. The highest BCUT2D eigenvalue weighted by Crippen LogP contribution is 2.31. The van der Waals surface area contributed by atoms with Crippen molar-refractivity contribution in [3.05, 3.63) is 29.3 Å². The van der Waals surface area contributed by atoms with Crippen LogP contribution in [0.4, 0.5) is 0 Å². The maximum atomic E-state index is 5.99. The normalized spacial score (nSPS) is 17.4. The first kappa shape index (κ1) is 15.7. The van der Waals surface area contributed by atoms with Crippen LogP contribution in [-0.4, -0.2) is 12.4 Å². The van der Waals surface area contributed by atoms with Crippen molar-refractivity contribution in [2.75, 3.05) is 12.4 Å². The van der Waals surface area contributed by atoms with Gasteiger partial charge in [-0.1, -0.05) is 18.9 Å². The Hall–Kier alpha value is -0.670. The van der Waals surface area contributed by atoms with Crippen molar-refractivity contribution >= 4 is 11.8 Å². The van der Waals surface area contributed by atoms with Crippen LogP contribution in [0.25, 0.3) is 0 Å². The quantitative estimate of drug-likeness (QED) is 0.802. The van der Waals surface area contributed by atoms with Gasteiger partial charge in [0.05, 0.1) is 6.61 Å². The average molecular weight is 293 g/mol. The van der Waals surface area contributed by atoms with Gasteiger partial charge in [0.1, 0.15) is 5.75 Å². The van der Waals surface area contributed by atoms with E-state index in [1.807, 2.05) is 25.6 Å². The third kappa shape index (κ3) is 4.42. The number of hydrogen-bond donors (Lipinski definition) is 1. The summed E-state index contributed by atoms with van der Waals surface area (Å²) in [7, 11) is 0. The Morgan fingerprint density at radius 3 is 2.75 bits per heavy atom. The summed E-state index contributed by atoms with van der Waals surface area (Å²) >= 11 is 2.04. The smallest absolute Gasteiger partial charge is 0.123 e. The van der Waals surface area contributed by atoms with Crippen LogP contribution < -0.4 is 10.5 Å². The molecule has 0 saturated heterocycles. The predicted octanol–water partition coefficient (Wildman–Crippen LogP) is 4.53. The first-order valence-electron chi connectivity index (χ1n) is 7.79. The fourth-order valence-corrected chi connectivity index (χ4v) is 4.03. The van der Waals surface area contributed by atoms with E-state index in [1.54, 1.807) is 0 Å². The van der Waals surface area contributed by atoms with E-state index in [4.69, 9.17) is 10.5 Å². The summed E-state index contributed by atoms with van der Waals surface area (Å²) in [5.74, 6) is 4.28. The van der Waals surface area contributed by atoms with Crippen LogP contribution in [0.15, 0.2) is 18.2 Å². The van der Waals surface area contributed by atoms with E-state index in [1.165, 1.54) is 42.6 Å². The van der Waals surface area contributed by atoms with Gasteiger partial charge in [0.25, 0.3) is 0 Å². The van der Waals surface area contributed by atoms with Crippen molar-refractivity contribution < 1.29 is 4.74 Å². The monoisotopic (exact) mass is 293 g/mol. The molecule has 1 aromatic rings. The van der Waals surface area contributed by atoms with Crippen LogP contribution in [0.1, 0.15) is 56.7 Å². The molecular weight excluding hydrogens is 266 g/mol. The largest absolute Gasteiger partial charge is 0.494 e. The van der Waals surface area contributed by atoms with E-state index in [0.29, 0.717) is 0 Å². The van der Waals surface area contributed by atoms with Crippen LogP contribution in [0.5, 0.6) is 5.75 Å². The molecule has 0 spiro atoms. The van der Waals surface area contributed by atoms with Crippen molar-refractivity contribution in [3.63, 3.8) is 0 Å². The lowest BCUT2D eigenvalue weighted by Crippen LogP contribution is -2.06. The lowest BCUT2D eigenvalue weighted by molar-refractivity contribution is 0.337. The van der Waals surface area contributed by atoms with Crippen LogP contribution in [0.2, 0.25) is 0 Å². The van der Waals surface area contributed by atoms with Gasteiger partial charge in [-0.05, 0) is 56.1 Å². The fourth-order valence-electron chi connectivity index (χ4n) is 2.80. The summed E-state index contributed by atoms with van der Waals surface area (Å²) in [6, 6.07) is 6.47. The first-order chi connectivity index (χ1) is 9.70. The van der Waals surface area contributed by atoms with Gasteiger partial charge in [-0.25, -0.2) is 0 Å². The molecule has 2 rings (SSSR count). The summed E-state index contributed by atoms with van der Waals surface area (Å²) in [6.07, 6.45) is 5.70. The number of thioether (sulfide) groups is 1. The molecule has 112 valence electrons. The Morgan fingerprint density at radius 2 is 2.10 bits per heavy atom. The number of hydrogen-bond acceptors (Lipinski definition) is 3. The van der Waals surface area contributed by atoms with Crippen molar-refractivity contribution in [1.29, 1.82) is 0 Å². The molecule has 1 aliphatic rings. The van der Waals surface area contributed by atoms with Gasteiger partial charge in [0.15, 0.2) is 0 Å². The number of nitrogens with two attached hydrogens (primary N) is 1. The van der Waals surface area contributed by atoms with Gasteiger partial charge >= 0.3 is 0 Å². The van der Waals surface area contributed by atoms with Crippen LogP contribution in [0, 0.1) is 5.92 Å². The van der Waals surface area contributed by atoms with Crippen molar-refractivity contribution in [1.82, 2.24) is 0 Å². The second-order valence-corrected chi connectivity index (χ2v) is 6.78. The van der Waals surface area contributed by atoms with Crippen molar-refractivity contribution in [2.24, 2.45) is 11.7 Å². The number of ether oxygens (including phenoxy) is 1. The highest BCUT2D eigenvalue weighted by atomic mass is 32.2. The topological polar surface area (TPSA) is 35.2 Å². The third-order valence-electron chi connectivity index (χ3n) is 4.00.